The smallest absolute Gasteiger partial charge is 0.268 e. The standard InChI is InChI=1S/C7H13N3O2/c1-3-6(5(2)11)10-7(12)4-8-9-10/h5-6,11H,3-4H2,1-2H3/t5-,6-/m0/s1. The molecule has 5 heteroatoms. The van der Waals surface area contributed by atoms with Crippen molar-refractivity contribution in [2.24, 2.45) is 10.3 Å². The highest BCUT2D eigenvalue weighted by atomic mass is 16.3. The van der Waals surface area contributed by atoms with Crippen molar-refractivity contribution in [3.8, 4) is 0 Å². The first-order valence-electron chi connectivity index (χ1n) is 4.04. The van der Waals surface area contributed by atoms with Crippen LogP contribution in [0.4, 0.5) is 0 Å². The molecule has 0 aliphatic carbocycles. The Balaban J connectivity index is 2.65. The van der Waals surface area contributed by atoms with E-state index < -0.39 is 6.10 Å². The molecular weight excluding hydrogens is 158 g/mol. The summed E-state index contributed by atoms with van der Waals surface area (Å²) in [7, 11) is 0. The molecule has 12 heavy (non-hydrogen) atoms. The van der Waals surface area contributed by atoms with Crippen LogP contribution in [0.2, 0.25) is 0 Å². The first-order valence-corrected chi connectivity index (χ1v) is 4.04. The third-order valence-corrected chi connectivity index (χ3v) is 1.91. The zero-order valence-corrected chi connectivity index (χ0v) is 7.27. The van der Waals surface area contributed by atoms with Crippen LogP contribution >= 0.6 is 0 Å². The van der Waals surface area contributed by atoms with E-state index in [9.17, 15) is 9.90 Å². The summed E-state index contributed by atoms with van der Waals surface area (Å²) in [6.07, 6.45) is 0.124. The second-order valence-electron chi connectivity index (χ2n) is 2.84. The lowest BCUT2D eigenvalue weighted by molar-refractivity contribution is -0.132. The van der Waals surface area contributed by atoms with Crippen molar-refractivity contribution in [1.82, 2.24) is 5.01 Å². The molecule has 0 aromatic rings. The number of carbonyl (C=O) groups is 1. The number of nitrogens with zero attached hydrogens (tertiary/aromatic N) is 3. The van der Waals surface area contributed by atoms with E-state index in [1.54, 1.807) is 6.92 Å². The summed E-state index contributed by atoms with van der Waals surface area (Å²) >= 11 is 0. The SMILES string of the molecule is CC[C@@H]([C@H](C)O)N1N=NCC1=O. The third-order valence-electron chi connectivity index (χ3n) is 1.91. The van der Waals surface area contributed by atoms with E-state index in [0.29, 0.717) is 6.42 Å². The van der Waals surface area contributed by atoms with Crippen molar-refractivity contribution < 1.29 is 9.90 Å². The Kier molecular flexibility index (Phi) is 2.75. The Bertz CT molecular complexity index is 203. The van der Waals surface area contributed by atoms with Crippen LogP contribution in [0, 0.1) is 0 Å². The molecule has 1 N–H and O–H groups in total. The van der Waals surface area contributed by atoms with Gasteiger partial charge in [-0.3, -0.25) is 4.79 Å². The van der Waals surface area contributed by atoms with Gasteiger partial charge in [0.25, 0.3) is 5.91 Å². The van der Waals surface area contributed by atoms with E-state index in [-0.39, 0.29) is 18.5 Å². The maximum Gasteiger partial charge on any atom is 0.268 e. The van der Waals surface area contributed by atoms with Crippen LogP contribution in [0.15, 0.2) is 10.3 Å². The number of rotatable bonds is 3. The molecule has 1 amide bonds. The summed E-state index contributed by atoms with van der Waals surface area (Å²) in [5, 5.41) is 17.8. The molecule has 0 bridgehead atoms. The normalized spacial score (nSPS) is 21.6. The first kappa shape index (κ1) is 9.12. The van der Waals surface area contributed by atoms with Crippen LogP contribution in [0.25, 0.3) is 0 Å². The minimum atomic E-state index is -0.559. The summed E-state index contributed by atoms with van der Waals surface area (Å²) in [4.78, 5) is 11.1. The number of hydrogen-bond acceptors (Lipinski definition) is 4. The zero-order chi connectivity index (χ0) is 9.14. The van der Waals surface area contributed by atoms with E-state index in [0.717, 1.165) is 0 Å². The second-order valence-corrected chi connectivity index (χ2v) is 2.84. The van der Waals surface area contributed by atoms with Crippen molar-refractivity contribution in [1.29, 1.82) is 0 Å². The topological polar surface area (TPSA) is 65.3 Å². The summed E-state index contributed by atoms with van der Waals surface area (Å²) in [6, 6.07) is -0.233. The van der Waals surface area contributed by atoms with Gasteiger partial charge in [0.05, 0.1) is 12.1 Å². The van der Waals surface area contributed by atoms with Crippen molar-refractivity contribution in [3.05, 3.63) is 0 Å². The van der Waals surface area contributed by atoms with Crippen LogP contribution in [-0.2, 0) is 4.79 Å². The van der Waals surface area contributed by atoms with Gasteiger partial charge < -0.3 is 5.11 Å². The summed E-state index contributed by atoms with van der Waals surface area (Å²) in [6.45, 7) is 3.66. The van der Waals surface area contributed by atoms with E-state index in [1.807, 2.05) is 6.92 Å². The fourth-order valence-electron chi connectivity index (χ4n) is 1.25. The third kappa shape index (κ3) is 1.61. The number of aliphatic hydroxyl groups is 1. The predicted octanol–water partition coefficient (Wildman–Crippen LogP) is 0.355. The average Bonchev–Trinajstić information content (AvgIpc) is 2.38. The molecule has 0 aromatic carbocycles. The molecule has 68 valence electrons. The number of hydrogen-bond donors (Lipinski definition) is 1. The minimum Gasteiger partial charge on any atom is -0.391 e. The Morgan fingerprint density at radius 2 is 2.42 bits per heavy atom. The van der Waals surface area contributed by atoms with Crippen LogP contribution in [-0.4, -0.2) is 34.7 Å². The van der Waals surface area contributed by atoms with Gasteiger partial charge in [0.1, 0.15) is 6.54 Å². The monoisotopic (exact) mass is 171 g/mol. The second kappa shape index (κ2) is 3.62. The molecule has 1 rings (SSSR count). The molecule has 2 atom stereocenters. The summed E-state index contributed by atoms with van der Waals surface area (Å²) < 4.78 is 0. The van der Waals surface area contributed by atoms with Crippen LogP contribution in [0.3, 0.4) is 0 Å². The molecule has 0 fully saturated rings. The number of carbonyl (C=O) groups excluding carboxylic acids is 1. The highest BCUT2D eigenvalue weighted by molar-refractivity contribution is 5.79. The van der Waals surface area contributed by atoms with Gasteiger partial charge >= 0.3 is 0 Å². The predicted molar refractivity (Wildman–Crippen MR) is 42.3 cm³/mol. The Labute approximate surface area is 71.1 Å². The maximum atomic E-state index is 11.1. The van der Waals surface area contributed by atoms with Gasteiger partial charge in [-0.1, -0.05) is 12.1 Å². The molecule has 1 heterocycles. The Morgan fingerprint density at radius 1 is 1.75 bits per heavy atom. The van der Waals surface area contributed by atoms with Gasteiger partial charge in [-0.25, -0.2) is 5.01 Å². The van der Waals surface area contributed by atoms with E-state index >= 15 is 0 Å². The quantitative estimate of drug-likeness (QED) is 0.666. The highest BCUT2D eigenvalue weighted by Crippen LogP contribution is 2.14. The number of aliphatic hydroxyl groups excluding tert-OH is 1. The lowest BCUT2D eigenvalue weighted by atomic mass is 10.1. The molecule has 0 aromatic heterocycles. The summed E-state index contributed by atoms with van der Waals surface area (Å²) in [5.41, 5.74) is 0. The minimum absolute atomic E-state index is 0.114. The fraction of sp³-hybridized carbons (Fsp3) is 0.857. The van der Waals surface area contributed by atoms with Crippen molar-refractivity contribution in [2.45, 2.75) is 32.4 Å². The van der Waals surface area contributed by atoms with Gasteiger partial charge in [-0.05, 0) is 13.3 Å². The molecule has 1 aliphatic rings. The molecule has 0 radical (unpaired) electrons. The number of amides is 1. The lowest BCUT2D eigenvalue weighted by Gasteiger charge is -2.24. The van der Waals surface area contributed by atoms with Crippen molar-refractivity contribution in [2.75, 3.05) is 6.54 Å². The van der Waals surface area contributed by atoms with E-state index in [4.69, 9.17) is 0 Å². The molecule has 1 aliphatic heterocycles. The Hall–Kier alpha value is -0.970. The molecule has 0 saturated carbocycles. The van der Waals surface area contributed by atoms with Crippen molar-refractivity contribution in [3.63, 3.8) is 0 Å². The molecule has 0 unspecified atom stereocenters. The van der Waals surface area contributed by atoms with Gasteiger partial charge in [-0.2, -0.15) is 5.11 Å². The molecular formula is C7H13N3O2. The Morgan fingerprint density at radius 3 is 2.75 bits per heavy atom. The zero-order valence-electron chi connectivity index (χ0n) is 7.27. The van der Waals surface area contributed by atoms with Gasteiger partial charge in [0.2, 0.25) is 0 Å². The van der Waals surface area contributed by atoms with Gasteiger partial charge in [0.15, 0.2) is 0 Å². The van der Waals surface area contributed by atoms with E-state index in [1.165, 1.54) is 5.01 Å². The largest absolute Gasteiger partial charge is 0.391 e. The van der Waals surface area contributed by atoms with Crippen molar-refractivity contribution >= 4 is 5.91 Å². The van der Waals surface area contributed by atoms with Gasteiger partial charge in [-0.15, -0.1) is 0 Å². The molecule has 0 saturated heterocycles. The van der Waals surface area contributed by atoms with E-state index in [2.05, 4.69) is 10.3 Å². The first-order chi connectivity index (χ1) is 5.66. The molecule has 0 spiro atoms. The average molecular weight is 171 g/mol. The van der Waals surface area contributed by atoms with Crippen LogP contribution < -0.4 is 0 Å². The van der Waals surface area contributed by atoms with Crippen LogP contribution in [0.5, 0.6) is 0 Å². The highest BCUT2D eigenvalue weighted by Gasteiger charge is 2.28. The lowest BCUT2D eigenvalue weighted by Crippen LogP contribution is -2.40. The molecule has 5 nitrogen and oxygen atoms in total. The van der Waals surface area contributed by atoms with Crippen LogP contribution in [0.1, 0.15) is 20.3 Å². The van der Waals surface area contributed by atoms with Gasteiger partial charge in [0, 0.05) is 0 Å². The summed E-state index contributed by atoms with van der Waals surface area (Å²) in [5.74, 6) is -0.136. The maximum absolute atomic E-state index is 11.1. The fourth-order valence-corrected chi connectivity index (χ4v) is 1.25.